The molecule has 4 rings (SSSR count). The molecule has 3 heterocycles. The molecule has 0 spiro atoms. The van der Waals surface area contributed by atoms with Crippen molar-refractivity contribution in [2.75, 3.05) is 31.2 Å². The van der Waals surface area contributed by atoms with E-state index >= 15 is 0 Å². The number of likely N-dealkylation sites (tertiary alicyclic amines) is 1. The highest BCUT2D eigenvalue weighted by Gasteiger charge is 2.24. The van der Waals surface area contributed by atoms with Gasteiger partial charge in [-0.3, -0.25) is 4.79 Å². The molecule has 0 saturated carbocycles. The van der Waals surface area contributed by atoms with Crippen LogP contribution in [0.5, 0.6) is 5.75 Å². The summed E-state index contributed by atoms with van der Waals surface area (Å²) in [6.45, 7) is 4.05. The van der Waals surface area contributed by atoms with Crippen LogP contribution in [0.3, 0.4) is 0 Å². The van der Waals surface area contributed by atoms with Gasteiger partial charge in [0.05, 0.1) is 12.7 Å². The Balaban J connectivity index is 1.32. The van der Waals surface area contributed by atoms with Crippen LogP contribution in [0.15, 0.2) is 48.7 Å². The van der Waals surface area contributed by atoms with Crippen LogP contribution < -0.4 is 15.8 Å². The lowest BCUT2D eigenvalue weighted by Gasteiger charge is -2.32. The molecule has 0 atom stereocenters. The van der Waals surface area contributed by atoms with Gasteiger partial charge in [0.15, 0.2) is 0 Å². The third kappa shape index (κ3) is 5.97. The molecule has 0 radical (unpaired) electrons. The molecule has 1 amide bonds. The summed E-state index contributed by atoms with van der Waals surface area (Å²) in [6.07, 6.45) is 4.32. The van der Waals surface area contributed by atoms with Crippen molar-refractivity contribution in [1.29, 1.82) is 0 Å². The van der Waals surface area contributed by atoms with E-state index in [-0.39, 0.29) is 5.91 Å². The number of aryl methyl sites for hydroxylation is 1. The lowest BCUT2D eigenvalue weighted by molar-refractivity contribution is 0.0690. The summed E-state index contributed by atoms with van der Waals surface area (Å²) in [6, 6.07) is 13.4. The number of benzene rings is 1. The van der Waals surface area contributed by atoms with Gasteiger partial charge in [0.2, 0.25) is 0 Å². The smallest absolute Gasteiger partial charge is 0.255 e. The normalized spacial score (nSPS) is 14.2. The van der Waals surface area contributed by atoms with Gasteiger partial charge >= 0.3 is 0 Å². The van der Waals surface area contributed by atoms with E-state index in [1.54, 1.807) is 25.4 Å². The van der Waals surface area contributed by atoms with E-state index in [0.29, 0.717) is 23.8 Å². The van der Waals surface area contributed by atoms with E-state index in [1.807, 2.05) is 36.1 Å². The average molecular weight is 447 g/mol. The Morgan fingerprint density at radius 1 is 1.18 bits per heavy atom. The number of nitrogens with one attached hydrogen (secondary N) is 1. The second-order valence-corrected chi connectivity index (χ2v) is 8.41. The lowest BCUT2D eigenvalue weighted by Crippen LogP contribution is -2.39. The minimum atomic E-state index is 0.0165. The highest BCUT2D eigenvalue weighted by molar-refractivity contribution is 5.94. The van der Waals surface area contributed by atoms with Gasteiger partial charge in [0, 0.05) is 37.6 Å². The maximum Gasteiger partial charge on any atom is 0.255 e. The molecule has 33 heavy (non-hydrogen) atoms. The number of amides is 1. The highest BCUT2D eigenvalue weighted by Crippen LogP contribution is 2.23. The quantitative estimate of drug-likeness (QED) is 0.572. The zero-order chi connectivity index (χ0) is 23.2. The summed E-state index contributed by atoms with van der Waals surface area (Å²) in [5, 5.41) is 3.40. The number of pyridine rings is 1. The maximum absolute atomic E-state index is 12.7. The van der Waals surface area contributed by atoms with E-state index in [2.05, 4.69) is 26.3 Å². The predicted octanol–water partition coefficient (Wildman–Crippen LogP) is 3.48. The topological polar surface area (TPSA) is 106 Å². The summed E-state index contributed by atoms with van der Waals surface area (Å²) in [4.78, 5) is 27.8. The number of methoxy groups -OCH3 is 1. The van der Waals surface area contributed by atoms with Gasteiger partial charge in [-0.15, -0.1) is 0 Å². The molecule has 1 fully saturated rings. The van der Waals surface area contributed by atoms with Crippen LogP contribution in [0.25, 0.3) is 0 Å². The second-order valence-electron chi connectivity index (χ2n) is 8.41. The van der Waals surface area contributed by atoms with Gasteiger partial charge < -0.3 is 20.7 Å². The van der Waals surface area contributed by atoms with Gasteiger partial charge in [-0.25, -0.2) is 15.0 Å². The Labute approximate surface area is 194 Å². The number of aromatic nitrogens is 3. The van der Waals surface area contributed by atoms with E-state index < -0.39 is 0 Å². The number of carbonyl (C=O) groups excluding carboxylic acids is 1. The number of rotatable bonds is 7. The van der Waals surface area contributed by atoms with Crippen molar-refractivity contribution in [3.63, 3.8) is 0 Å². The molecular formula is C25H30N6O2. The first-order chi connectivity index (χ1) is 16.0. The molecule has 8 heteroatoms. The van der Waals surface area contributed by atoms with Crippen molar-refractivity contribution in [2.24, 2.45) is 5.92 Å². The number of carbonyl (C=O) groups is 1. The van der Waals surface area contributed by atoms with Crippen molar-refractivity contribution >= 4 is 17.5 Å². The van der Waals surface area contributed by atoms with E-state index in [9.17, 15) is 4.79 Å². The van der Waals surface area contributed by atoms with Crippen molar-refractivity contribution in [3.8, 4) is 5.75 Å². The van der Waals surface area contributed by atoms with Crippen molar-refractivity contribution in [3.05, 3.63) is 71.3 Å². The number of ether oxygens (including phenoxy) is 1. The molecule has 1 aromatic carbocycles. The third-order valence-electron chi connectivity index (χ3n) is 5.93. The number of hydrogen-bond donors (Lipinski definition) is 2. The molecule has 8 nitrogen and oxygen atoms in total. The molecule has 3 N–H and O–H groups in total. The Hall–Kier alpha value is -3.68. The van der Waals surface area contributed by atoms with Crippen LogP contribution in [0.1, 0.15) is 40.3 Å². The fraction of sp³-hybridized carbons (Fsp3) is 0.360. The highest BCUT2D eigenvalue weighted by atomic mass is 16.5. The SMILES string of the molecule is COc1cccc(CNc2cc(CC3CCN(C(=O)c4ccc(N)nc4)CC3)nc(C)n2)c1. The van der Waals surface area contributed by atoms with Gasteiger partial charge in [0.1, 0.15) is 23.2 Å². The van der Waals surface area contributed by atoms with E-state index in [1.165, 1.54) is 0 Å². The zero-order valence-corrected chi connectivity index (χ0v) is 19.1. The Kier molecular flexibility index (Phi) is 7.02. The summed E-state index contributed by atoms with van der Waals surface area (Å²) in [5.41, 5.74) is 8.36. The maximum atomic E-state index is 12.7. The molecule has 172 valence electrons. The number of nitrogen functional groups attached to an aromatic ring is 1. The van der Waals surface area contributed by atoms with Crippen LogP contribution in [0.4, 0.5) is 11.6 Å². The van der Waals surface area contributed by atoms with Crippen LogP contribution in [0.2, 0.25) is 0 Å². The molecule has 1 aliphatic rings. The molecule has 1 aliphatic heterocycles. The van der Waals surface area contributed by atoms with Crippen LogP contribution in [-0.2, 0) is 13.0 Å². The van der Waals surface area contributed by atoms with E-state index in [4.69, 9.17) is 10.5 Å². The van der Waals surface area contributed by atoms with Crippen LogP contribution in [0, 0.1) is 12.8 Å². The number of hydrogen-bond acceptors (Lipinski definition) is 7. The van der Waals surface area contributed by atoms with Gasteiger partial charge in [0.25, 0.3) is 5.91 Å². The largest absolute Gasteiger partial charge is 0.497 e. The number of anilines is 2. The minimum Gasteiger partial charge on any atom is -0.497 e. The number of nitrogens with two attached hydrogens (primary N) is 1. The molecule has 0 aliphatic carbocycles. The number of piperidine rings is 1. The third-order valence-corrected chi connectivity index (χ3v) is 5.93. The summed E-state index contributed by atoms with van der Waals surface area (Å²) in [7, 11) is 1.67. The van der Waals surface area contributed by atoms with Gasteiger partial charge in [-0.1, -0.05) is 12.1 Å². The summed E-state index contributed by atoms with van der Waals surface area (Å²) in [5.74, 6) is 3.34. The second kappa shape index (κ2) is 10.3. The van der Waals surface area contributed by atoms with Crippen molar-refractivity contribution in [2.45, 2.75) is 32.7 Å². The lowest BCUT2D eigenvalue weighted by atomic mass is 9.91. The Morgan fingerprint density at radius 2 is 2.00 bits per heavy atom. The standard InChI is InChI=1S/C25H30N6O2/c1-17-29-21(14-24(30-17)28-15-19-4-3-5-22(13-19)33-2)12-18-8-10-31(11-9-18)25(32)20-6-7-23(26)27-16-20/h3-7,13-14,16,18H,8-12,15H2,1-2H3,(H2,26,27)(H,28,29,30). The monoisotopic (exact) mass is 446 g/mol. The first-order valence-corrected chi connectivity index (χ1v) is 11.2. The molecule has 1 saturated heterocycles. The first kappa shape index (κ1) is 22.5. The number of nitrogens with zero attached hydrogens (tertiary/aromatic N) is 4. The summed E-state index contributed by atoms with van der Waals surface area (Å²) < 4.78 is 5.30. The first-order valence-electron chi connectivity index (χ1n) is 11.2. The molecule has 2 aromatic heterocycles. The molecule has 0 bridgehead atoms. The van der Waals surface area contributed by atoms with Crippen LogP contribution in [-0.4, -0.2) is 46.0 Å². The van der Waals surface area contributed by atoms with Gasteiger partial charge in [-0.2, -0.15) is 0 Å². The Bertz CT molecular complexity index is 1090. The average Bonchev–Trinajstić information content (AvgIpc) is 2.83. The van der Waals surface area contributed by atoms with Crippen LogP contribution >= 0.6 is 0 Å². The van der Waals surface area contributed by atoms with Crippen molar-refractivity contribution in [1.82, 2.24) is 19.9 Å². The van der Waals surface area contributed by atoms with E-state index in [0.717, 1.165) is 61.0 Å². The zero-order valence-electron chi connectivity index (χ0n) is 19.1. The van der Waals surface area contributed by atoms with Gasteiger partial charge in [-0.05, 0) is 61.9 Å². The molecule has 3 aromatic rings. The fourth-order valence-electron chi connectivity index (χ4n) is 4.15. The summed E-state index contributed by atoms with van der Waals surface area (Å²) >= 11 is 0. The minimum absolute atomic E-state index is 0.0165. The van der Waals surface area contributed by atoms with Crippen molar-refractivity contribution < 1.29 is 9.53 Å². The molecular weight excluding hydrogens is 416 g/mol. The molecule has 0 unspecified atom stereocenters. The fourth-order valence-corrected chi connectivity index (χ4v) is 4.15. The predicted molar refractivity (Wildman–Crippen MR) is 128 cm³/mol. The Morgan fingerprint density at radius 3 is 2.73 bits per heavy atom.